The molecule has 1 aromatic heterocycles. The summed E-state index contributed by atoms with van der Waals surface area (Å²) in [6.07, 6.45) is 5.13. The number of aromatic nitrogens is 2. The predicted octanol–water partition coefficient (Wildman–Crippen LogP) is 0.180. The molecule has 0 fully saturated rings. The van der Waals surface area contributed by atoms with Crippen molar-refractivity contribution in [3.63, 3.8) is 0 Å². The molecule has 1 unspecified atom stereocenters. The molecule has 4 N–H and O–H groups in total. The number of carboxylic acid groups (broad SMARTS) is 1. The maximum absolute atomic E-state index is 11.9. The quantitative estimate of drug-likeness (QED) is 0.653. The fraction of sp³-hybridized carbons (Fsp3) is 0.583. The predicted molar refractivity (Wildman–Crippen MR) is 69.2 cm³/mol. The molecule has 0 spiro atoms. The zero-order valence-corrected chi connectivity index (χ0v) is 11.2. The van der Waals surface area contributed by atoms with Gasteiger partial charge < -0.3 is 16.2 Å². The minimum Gasteiger partial charge on any atom is -0.480 e. The highest BCUT2D eigenvalue weighted by Crippen LogP contribution is 2.10. The van der Waals surface area contributed by atoms with Gasteiger partial charge in [0.2, 0.25) is 5.91 Å². The Kier molecular flexibility index (Phi) is 5.50. The van der Waals surface area contributed by atoms with Crippen LogP contribution in [0.5, 0.6) is 0 Å². The molecule has 0 aliphatic rings. The molecule has 7 heteroatoms. The molecule has 0 aliphatic heterocycles. The van der Waals surface area contributed by atoms with Gasteiger partial charge in [-0.2, -0.15) is 5.10 Å². The van der Waals surface area contributed by atoms with Crippen molar-refractivity contribution in [3.05, 3.63) is 18.0 Å². The summed E-state index contributed by atoms with van der Waals surface area (Å²) in [7, 11) is 1.72. The van der Waals surface area contributed by atoms with Crippen LogP contribution < -0.4 is 11.1 Å². The third-order valence-electron chi connectivity index (χ3n) is 2.83. The van der Waals surface area contributed by atoms with Crippen LogP contribution in [0.2, 0.25) is 0 Å². The molecule has 0 aliphatic carbocycles. The molecule has 19 heavy (non-hydrogen) atoms. The van der Waals surface area contributed by atoms with Gasteiger partial charge in [-0.3, -0.25) is 9.48 Å². The van der Waals surface area contributed by atoms with Gasteiger partial charge in [-0.1, -0.05) is 19.8 Å². The fourth-order valence-electron chi connectivity index (χ4n) is 1.68. The highest BCUT2D eigenvalue weighted by atomic mass is 16.4. The Bertz CT molecular complexity index is 444. The van der Waals surface area contributed by atoms with E-state index in [1.54, 1.807) is 13.2 Å². The second-order valence-corrected chi connectivity index (χ2v) is 4.47. The normalized spacial score (nSPS) is 13.8. The van der Waals surface area contributed by atoms with E-state index < -0.39 is 24.0 Å². The fourth-order valence-corrected chi connectivity index (χ4v) is 1.68. The number of hydrogen-bond acceptors (Lipinski definition) is 4. The van der Waals surface area contributed by atoms with Crippen molar-refractivity contribution in [2.45, 2.75) is 38.3 Å². The number of nitrogens with two attached hydrogens (primary N) is 1. The van der Waals surface area contributed by atoms with Gasteiger partial charge in [0.1, 0.15) is 12.1 Å². The van der Waals surface area contributed by atoms with Gasteiger partial charge in [0.25, 0.3) is 0 Å². The maximum atomic E-state index is 11.9. The number of unbranched alkanes of at least 4 members (excludes halogenated alkanes) is 1. The SMILES string of the molecule is CCCC[C@H](NC(=O)C(N)c1cnn(C)c1)C(=O)O. The number of aryl methyl sites for hydroxylation is 1. The maximum Gasteiger partial charge on any atom is 0.326 e. The van der Waals surface area contributed by atoms with Crippen molar-refractivity contribution >= 4 is 11.9 Å². The summed E-state index contributed by atoms with van der Waals surface area (Å²) in [5, 5.41) is 15.4. The Hall–Kier alpha value is -1.89. The third kappa shape index (κ3) is 4.36. The molecule has 1 rings (SSSR count). The van der Waals surface area contributed by atoms with Gasteiger partial charge in [-0.25, -0.2) is 4.79 Å². The lowest BCUT2D eigenvalue weighted by Crippen LogP contribution is -2.44. The van der Waals surface area contributed by atoms with Crippen molar-refractivity contribution in [3.8, 4) is 0 Å². The number of rotatable bonds is 7. The number of aliphatic carboxylic acids is 1. The highest BCUT2D eigenvalue weighted by molar-refractivity contribution is 5.87. The molecular weight excluding hydrogens is 248 g/mol. The number of carbonyl (C=O) groups is 2. The van der Waals surface area contributed by atoms with Gasteiger partial charge in [-0.05, 0) is 6.42 Å². The molecular formula is C12H20N4O3. The van der Waals surface area contributed by atoms with E-state index in [2.05, 4.69) is 10.4 Å². The number of nitrogens with one attached hydrogen (secondary N) is 1. The summed E-state index contributed by atoms with van der Waals surface area (Å²) in [6, 6.07) is -1.80. The van der Waals surface area contributed by atoms with Gasteiger partial charge in [0.05, 0.1) is 6.20 Å². The lowest BCUT2D eigenvalue weighted by atomic mass is 10.1. The second-order valence-electron chi connectivity index (χ2n) is 4.47. The summed E-state index contributed by atoms with van der Waals surface area (Å²) in [5.74, 6) is -1.54. The summed E-state index contributed by atoms with van der Waals surface area (Å²) in [5.41, 5.74) is 6.33. The van der Waals surface area contributed by atoms with E-state index >= 15 is 0 Å². The topological polar surface area (TPSA) is 110 Å². The average molecular weight is 268 g/mol. The lowest BCUT2D eigenvalue weighted by Gasteiger charge is -2.16. The Labute approximate surface area is 111 Å². The molecule has 106 valence electrons. The van der Waals surface area contributed by atoms with Crippen LogP contribution in [0.1, 0.15) is 37.8 Å². The van der Waals surface area contributed by atoms with E-state index in [1.165, 1.54) is 10.9 Å². The van der Waals surface area contributed by atoms with Gasteiger partial charge in [0.15, 0.2) is 0 Å². The van der Waals surface area contributed by atoms with E-state index in [4.69, 9.17) is 10.8 Å². The first-order chi connectivity index (χ1) is 8.95. The lowest BCUT2D eigenvalue weighted by molar-refractivity contribution is -0.142. The number of amides is 1. The van der Waals surface area contributed by atoms with Crippen LogP contribution in [0.3, 0.4) is 0 Å². The molecule has 1 amide bonds. The molecule has 1 aromatic rings. The van der Waals surface area contributed by atoms with Gasteiger partial charge in [0, 0.05) is 18.8 Å². The van der Waals surface area contributed by atoms with Crippen molar-refractivity contribution in [1.29, 1.82) is 0 Å². The number of nitrogens with zero attached hydrogens (tertiary/aromatic N) is 2. The van der Waals surface area contributed by atoms with Gasteiger partial charge >= 0.3 is 5.97 Å². The summed E-state index contributed by atoms with van der Waals surface area (Å²) >= 11 is 0. The number of carboxylic acids is 1. The largest absolute Gasteiger partial charge is 0.480 e. The molecule has 7 nitrogen and oxygen atoms in total. The number of hydrogen-bond donors (Lipinski definition) is 3. The van der Waals surface area contributed by atoms with E-state index in [0.29, 0.717) is 12.0 Å². The zero-order chi connectivity index (χ0) is 14.4. The minimum atomic E-state index is -1.04. The van der Waals surface area contributed by atoms with E-state index in [9.17, 15) is 9.59 Å². The van der Waals surface area contributed by atoms with Crippen molar-refractivity contribution in [1.82, 2.24) is 15.1 Å². The van der Waals surface area contributed by atoms with Gasteiger partial charge in [-0.15, -0.1) is 0 Å². The Morgan fingerprint density at radius 1 is 1.58 bits per heavy atom. The Morgan fingerprint density at radius 3 is 2.74 bits per heavy atom. The van der Waals surface area contributed by atoms with Crippen molar-refractivity contribution in [2.24, 2.45) is 12.8 Å². The monoisotopic (exact) mass is 268 g/mol. The van der Waals surface area contributed by atoms with Crippen LogP contribution in [-0.4, -0.2) is 32.8 Å². The molecule has 0 bridgehead atoms. The first-order valence-corrected chi connectivity index (χ1v) is 6.23. The Morgan fingerprint density at radius 2 is 2.26 bits per heavy atom. The zero-order valence-electron chi connectivity index (χ0n) is 11.2. The molecule has 2 atom stereocenters. The summed E-state index contributed by atoms with van der Waals surface area (Å²) < 4.78 is 1.54. The Balaban J connectivity index is 2.63. The van der Waals surface area contributed by atoms with Crippen molar-refractivity contribution < 1.29 is 14.7 Å². The minimum absolute atomic E-state index is 0.400. The van der Waals surface area contributed by atoms with E-state index in [1.807, 2.05) is 6.92 Å². The van der Waals surface area contributed by atoms with E-state index in [-0.39, 0.29) is 0 Å². The van der Waals surface area contributed by atoms with Crippen LogP contribution in [0.25, 0.3) is 0 Å². The first-order valence-electron chi connectivity index (χ1n) is 6.23. The highest BCUT2D eigenvalue weighted by Gasteiger charge is 2.24. The third-order valence-corrected chi connectivity index (χ3v) is 2.83. The van der Waals surface area contributed by atoms with E-state index in [0.717, 1.165) is 12.8 Å². The second kappa shape index (κ2) is 6.89. The van der Waals surface area contributed by atoms with Crippen LogP contribution >= 0.6 is 0 Å². The first kappa shape index (κ1) is 15.2. The van der Waals surface area contributed by atoms with Crippen LogP contribution in [0, 0.1) is 0 Å². The molecule has 1 heterocycles. The molecule has 0 radical (unpaired) electrons. The molecule has 0 aromatic carbocycles. The van der Waals surface area contributed by atoms with Crippen molar-refractivity contribution in [2.75, 3.05) is 0 Å². The number of carbonyl (C=O) groups excluding carboxylic acids is 1. The summed E-state index contributed by atoms with van der Waals surface area (Å²) in [4.78, 5) is 22.9. The van der Waals surface area contributed by atoms with Crippen LogP contribution in [0.15, 0.2) is 12.4 Å². The molecule has 0 saturated heterocycles. The summed E-state index contributed by atoms with van der Waals surface area (Å²) in [6.45, 7) is 1.96. The average Bonchev–Trinajstić information content (AvgIpc) is 2.79. The van der Waals surface area contributed by atoms with Crippen LogP contribution in [0.4, 0.5) is 0 Å². The smallest absolute Gasteiger partial charge is 0.326 e. The standard InChI is InChI=1S/C12H20N4O3/c1-3-4-5-9(12(18)19)15-11(17)10(13)8-6-14-16(2)7-8/h6-7,9-10H,3-5,13H2,1-2H3,(H,15,17)(H,18,19)/t9-,10?/m0/s1. The van der Waals surface area contributed by atoms with Crippen LogP contribution in [-0.2, 0) is 16.6 Å². The molecule has 0 saturated carbocycles.